The molecule has 1 aromatic carbocycles. The van der Waals surface area contributed by atoms with E-state index in [0.717, 1.165) is 39.0 Å². The molecule has 5 rings (SSSR count). The Morgan fingerprint density at radius 1 is 0.903 bits per heavy atom. The maximum atomic E-state index is 11.2. The molecule has 0 bridgehead atoms. The fraction of sp³-hybridized carbons (Fsp3) is 0.167. The monoisotopic (exact) mass is 410 g/mol. The molecule has 5 aromatic rings. The molecule has 1 atom stereocenters. The van der Waals surface area contributed by atoms with Crippen molar-refractivity contribution in [3.05, 3.63) is 84.8 Å². The topological polar surface area (TPSA) is 81.6 Å². The van der Waals surface area contributed by atoms with Gasteiger partial charge in [0.2, 0.25) is 0 Å². The number of aliphatic hydroxyl groups is 1. The predicted molar refractivity (Wildman–Crippen MR) is 119 cm³/mol. The zero-order chi connectivity index (χ0) is 21.6. The predicted octanol–water partition coefficient (Wildman–Crippen LogP) is 3.69. The highest BCUT2D eigenvalue weighted by Crippen LogP contribution is 2.34. The van der Waals surface area contributed by atoms with Crippen molar-refractivity contribution in [3.8, 4) is 22.4 Å². The number of aromatic nitrogens is 6. The summed E-state index contributed by atoms with van der Waals surface area (Å²) in [6.07, 6.45) is 9.15. The van der Waals surface area contributed by atoms with Crippen LogP contribution in [0, 0.1) is 0 Å². The highest BCUT2D eigenvalue weighted by Gasteiger charge is 2.28. The van der Waals surface area contributed by atoms with Crippen molar-refractivity contribution in [2.75, 3.05) is 0 Å². The fourth-order valence-electron chi connectivity index (χ4n) is 3.87. The van der Waals surface area contributed by atoms with Gasteiger partial charge < -0.3 is 9.67 Å². The molecule has 0 aliphatic carbocycles. The first kappa shape index (κ1) is 19.1. The van der Waals surface area contributed by atoms with Crippen LogP contribution in [0.5, 0.6) is 0 Å². The van der Waals surface area contributed by atoms with Crippen molar-refractivity contribution in [1.29, 1.82) is 0 Å². The van der Waals surface area contributed by atoms with Crippen molar-refractivity contribution < 1.29 is 5.11 Å². The molecule has 0 spiro atoms. The maximum absolute atomic E-state index is 11.2. The van der Waals surface area contributed by atoms with E-state index in [1.54, 1.807) is 11.6 Å². The van der Waals surface area contributed by atoms with Crippen LogP contribution in [0.25, 0.3) is 33.4 Å². The molecule has 7 heteroatoms. The van der Waals surface area contributed by atoms with Crippen LogP contribution in [-0.4, -0.2) is 34.4 Å². The summed E-state index contributed by atoms with van der Waals surface area (Å²) < 4.78 is 3.75. The summed E-state index contributed by atoms with van der Waals surface area (Å²) in [5.74, 6) is 0. The molecule has 4 heterocycles. The third-order valence-electron chi connectivity index (χ3n) is 5.63. The Hall–Kier alpha value is -3.84. The lowest BCUT2D eigenvalue weighted by molar-refractivity contribution is 0.0973. The van der Waals surface area contributed by atoms with Crippen LogP contribution >= 0.6 is 0 Å². The Morgan fingerprint density at radius 3 is 2.45 bits per heavy atom. The van der Waals surface area contributed by atoms with E-state index in [2.05, 4.69) is 26.1 Å². The highest BCUT2D eigenvalue weighted by atomic mass is 16.3. The van der Waals surface area contributed by atoms with Crippen molar-refractivity contribution >= 4 is 11.0 Å². The normalized spacial score (nSPS) is 13.4. The Kier molecular flexibility index (Phi) is 4.41. The second-order valence-electron chi connectivity index (χ2n) is 7.88. The van der Waals surface area contributed by atoms with E-state index in [0.29, 0.717) is 5.69 Å². The lowest BCUT2D eigenvalue weighted by atomic mass is 9.91. The van der Waals surface area contributed by atoms with Crippen LogP contribution in [0.15, 0.2) is 73.6 Å². The van der Waals surface area contributed by atoms with E-state index in [9.17, 15) is 5.11 Å². The molecular formula is C24H22N6O. The smallest absolute Gasteiger partial charge is 0.140 e. The molecule has 0 fully saturated rings. The van der Waals surface area contributed by atoms with Crippen molar-refractivity contribution in [1.82, 2.24) is 29.3 Å². The van der Waals surface area contributed by atoms with Crippen molar-refractivity contribution in [2.24, 2.45) is 14.1 Å². The average Bonchev–Trinajstić information content (AvgIpc) is 3.37. The number of hydrogen-bond acceptors (Lipinski definition) is 5. The molecule has 1 N–H and O–H groups in total. The summed E-state index contributed by atoms with van der Waals surface area (Å²) in [6.45, 7) is 1.75. The van der Waals surface area contributed by atoms with E-state index < -0.39 is 5.60 Å². The standard InChI is InChI=1S/C24H22N6O/c1-24(31,18-7-5-4-6-8-18)22-10-21(26-15-27-22)20-14-29(2)23-19(20)9-16(11-25-23)17-12-28-30(3)13-17/h4-15,31H,1-3H3. The molecule has 0 amide bonds. The van der Waals surface area contributed by atoms with Crippen LogP contribution < -0.4 is 0 Å². The number of nitrogens with zero attached hydrogens (tertiary/aromatic N) is 6. The van der Waals surface area contributed by atoms with Crippen LogP contribution in [0.3, 0.4) is 0 Å². The Balaban J connectivity index is 1.64. The minimum absolute atomic E-state index is 0.539. The number of fused-ring (bicyclic) bond motifs is 1. The van der Waals surface area contributed by atoms with Crippen LogP contribution in [0.4, 0.5) is 0 Å². The number of hydrogen-bond donors (Lipinski definition) is 1. The van der Waals surface area contributed by atoms with Crippen molar-refractivity contribution in [3.63, 3.8) is 0 Å². The van der Waals surface area contributed by atoms with Crippen LogP contribution in [-0.2, 0) is 19.7 Å². The molecule has 0 radical (unpaired) electrons. The molecule has 7 nitrogen and oxygen atoms in total. The van der Waals surface area contributed by atoms with Gasteiger partial charge in [0.05, 0.1) is 17.6 Å². The van der Waals surface area contributed by atoms with Gasteiger partial charge >= 0.3 is 0 Å². The van der Waals surface area contributed by atoms with Gasteiger partial charge in [-0.25, -0.2) is 15.0 Å². The SMILES string of the molecule is Cn1cc(-c2cnc3c(c2)c(-c2cc(C(C)(O)c4ccccc4)ncn2)cn3C)cn1. The Morgan fingerprint density at radius 2 is 1.71 bits per heavy atom. The Bertz CT molecular complexity index is 1380. The number of rotatable bonds is 4. The van der Waals surface area contributed by atoms with Gasteiger partial charge in [-0.2, -0.15) is 5.10 Å². The summed E-state index contributed by atoms with van der Waals surface area (Å²) >= 11 is 0. The Labute approximate surface area is 179 Å². The third kappa shape index (κ3) is 3.29. The van der Waals surface area contributed by atoms with Crippen LogP contribution in [0.1, 0.15) is 18.2 Å². The molecule has 0 aliphatic heterocycles. The molecular weight excluding hydrogens is 388 g/mol. The first-order valence-corrected chi connectivity index (χ1v) is 9.98. The molecule has 4 aromatic heterocycles. The van der Waals surface area contributed by atoms with E-state index in [1.807, 2.05) is 79.8 Å². The van der Waals surface area contributed by atoms with E-state index in [1.165, 1.54) is 6.33 Å². The quantitative estimate of drug-likeness (QED) is 0.489. The maximum Gasteiger partial charge on any atom is 0.140 e. The van der Waals surface area contributed by atoms with Gasteiger partial charge in [-0.05, 0) is 24.6 Å². The van der Waals surface area contributed by atoms with Gasteiger partial charge in [-0.15, -0.1) is 0 Å². The second kappa shape index (κ2) is 7.14. The third-order valence-corrected chi connectivity index (χ3v) is 5.63. The van der Waals surface area contributed by atoms with Gasteiger partial charge in [0.25, 0.3) is 0 Å². The van der Waals surface area contributed by atoms with Crippen molar-refractivity contribution in [2.45, 2.75) is 12.5 Å². The number of benzene rings is 1. The summed E-state index contributed by atoms with van der Waals surface area (Å²) in [7, 11) is 3.86. The molecule has 0 saturated carbocycles. The van der Waals surface area contributed by atoms with Gasteiger partial charge in [-0.3, -0.25) is 4.68 Å². The van der Waals surface area contributed by atoms with Gasteiger partial charge in [0, 0.05) is 54.8 Å². The van der Waals surface area contributed by atoms with E-state index in [4.69, 9.17) is 0 Å². The van der Waals surface area contributed by atoms with Crippen LogP contribution in [0.2, 0.25) is 0 Å². The summed E-state index contributed by atoms with van der Waals surface area (Å²) in [5.41, 5.74) is 4.59. The van der Waals surface area contributed by atoms with E-state index >= 15 is 0 Å². The van der Waals surface area contributed by atoms with Gasteiger partial charge in [0.15, 0.2) is 0 Å². The number of pyridine rings is 1. The lowest BCUT2D eigenvalue weighted by Gasteiger charge is -2.23. The van der Waals surface area contributed by atoms with E-state index in [-0.39, 0.29) is 0 Å². The largest absolute Gasteiger partial charge is 0.379 e. The first-order valence-electron chi connectivity index (χ1n) is 9.98. The average molecular weight is 410 g/mol. The zero-order valence-corrected chi connectivity index (χ0v) is 17.6. The molecule has 154 valence electrons. The fourth-order valence-corrected chi connectivity index (χ4v) is 3.87. The zero-order valence-electron chi connectivity index (χ0n) is 17.6. The summed E-state index contributed by atoms with van der Waals surface area (Å²) in [5, 5.41) is 16.5. The number of aryl methyl sites for hydroxylation is 2. The highest BCUT2D eigenvalue weighted by molar-refractivity contribution is 5.95. The second-order valence-corrected chi connectivity index (χ2v) is 7.88. The molecule has 0 aliphatic rings. The summed E-state index contributed by atoms with van der Waals surface area (Å²) in [4.78, 5) is 13.5. The molecule has 31 heavy (non-hydrogen) atoms. The minimum Gasteiger partial charge on any atom is -0.379 e. The molecule has 1 unspecified atom stereocenters. The molecule has 0 saturated heterocycles. The van der Waals surface area contributed by atoms with Gasteiger partial charge in [-0.1, -0.05) is 30.3 Å². The first-order chi connectivity index (χ1) is 14.9. The summed E-state index contributed by atoms with van der Waals surface area (Å²) in [6, 6.07) is 13.5. The minimum atomic E-state index is -1.23. The van der Waals surface area contributed by atoms with Gasteiger partial charge in [0.1, 0.15) is 17.6 Å². The lowest BCUT2D eigenvalue weighted by Crippen LogP contribution is -2.24.